The number of Topliss-reactive ketones (excluding diaryl/α,β-unsaturated/α-hetero) is 1. The van der Waals surface area contributed by atoms with Gasteiger partial charge in [0.15, 0.2) is 5.78 Å². The summed E-state index contributed by atoms with van der Waals surface area (Å²) in [6.45, 7) is 18.7. The molecule has 0 aromatic rings. The minimum atomic E-state index is -0.567. The molecular formula is C30H48O3. The third-order valence-corrected chi connectivity index (χ3v) is 12.9. The Bertz CT molecular complexity index is 900. The molecule has 0 aromatic heterocycles. The summed E-state index contributed by atoms with van der Waals surface area (Å²) in [5.74, 6) is 2.38. The molecule has 0 radical (unpaired) electrons. The van der Waals surface area contributed by atoms with E-state index in [4.69, 9.17) is 0 Å². The molecule has 0 amide bonds. The second-order valence-electron chi connectivity index (χ2n) is 14.7. The van der Waals surface area contributed by atoms with Crippen LogP contribution in [0.5, 0.6) is 0 Å². The quantitative estimate of drug-likeness (QED) is 0.485. The molecule has 5 aliphatic rings. The van der Waals surface area contributed by atoms with E-state index in [-0.39, 0.29) is 33.7 Å². The van der Waals surface area contributed by atoms with Crippen molar-refractivity contribution in [1.82, 2.24) is 0 Å². The van der Waals surface area contributed by atoms with Gasteiger partial charge in [-0.25, -0.2) is 0 Å². The molecule has 0 saturated heterocycles. The van der Waals surface area contributed by atoms with E-state index in [1.807, 2.05) is 0 Å². The Morgan fingerprint density at radius 3 is 2.18 bits per heavy atom. The molecule has 3 nitrogen and oxygen atoms in total. The molecular weight excluding hydrogens is 408 g/mol. The van der Waals surface area contributed by atoms with Gasteiger partial charge in [0.05, 0.1) is 12.2 Å². The van der Waals surface area contributed by atoms with E-state index in [0.29, 0.717) is 35.9 Å². The molecule has 0 heterocycles. The van der Waals surface area contributed by atoms with Gasteiger partial charge in [0.2, 0.25) is 0 Å². The summed E-state index contributed by atoms with van der Waals surface area (Å²) in [5.41, 5.74) is 1.64. The van der Waals surface area contributed by atoms with Crippen molar-refractivity contribution in [3.63, 3.8) is 0 Å². The number of carbonyl (C=O) groups is 1. The first-order valence-corrected chi connectivity index (χ1v) is 13.8. The van der Waals surface area contributed by atoms with Crippen LogP contribution in [-0.4, -0.2) is 28.2 Å². The van der Waals surface area contributed by atoms with E-state index < -0.39 is 6.10 Å². The summed E-state index contributed by atoms with van der Waals surface area (Å²) in [5, 5.41) is 22.6. The molecule has 186 valence electrons. The molecule has 0 spiro atoms. The van der Waals surface area contributed by atoms with Crippen LogP contribution in [0.1, 0.15) is 107 Å². The second-order valence-corrected chi connectivity index (χ2v) is 14.7. The van der Waals surface area contributed by atoms with Crippen LogP contribution in [0.25, 0.3) is 0 Å². The predicted molar refractivity (Wildman–Crippen MR) is 132 cm³/mol. The van der Waals surface area contributed by atoms with E-state index >= 15 is 0 Å². The summed E-state index contributed by atoms with van der Waals surface area (Å²) in [6.07, 6.45) is 6.74. The molecule has 9 atom stereocenters. The Balaban J connectivity index is 1.66. The molecule has 3 saturated carbocycles. The van der Waals surface area contributed by atoms with Crippen molar-refractivity contribution in [3.8, 4) is 0 Å². The highest BCUT2D eigenvalue weighted by molar-refractivity contribution is 6.00. The zero-order valence-corrected chi connectivity index (χ0v) is 22.4. The summed E-state index contributed by atoms with van der Waals surface area (Å²) in [6, 6.07) is 0. The number of allylic oxidation sites excluding steroid dienone is 1. The summed E-state index contributed by atoms with van der Waals surface area (Å²) < 4.78 is 0. The van der Waals surface area contributed by atoms with Gasteiger partial charge in [-0.2, -0.15) is 0 Å². The highest BCUT2D eigenvalue weighted by Gasteiger charge is 2.69. The van der Waals surface area contributed by atoms with Crippen molar-refractivity contribution in [2.75, 3.05) is 0 Å². The smallest absolute Gasteiger partial charge is 0.160 e. The average Bonchev–Trinajstić information content (AvgIpc) is 3.07. The summed E-state index contributed by atoms with van der Waals surface area (Å²) in [7, 11) is 0. The van der Waals surface area contributed by atoms with Gasteiger partial charge in [-0.3, -0.25) is 4.79 Å². The lowest BCUT2D eigenvalue weighted by atomic mass is 9.37. The molecule has 3 fully saturated rings. The maximum atomic E-state index is 14.2. The predicted octanol–water partition coefficient (Wildman–Crippen LogP) is 6.32. The maximum Gasteiger partial charge on any atom is 0.160 e. The molecule has 5 aliphatic carbocycles. The molecule has 33 heavy (non-hydrogen) atoms. The van der Waals surface area contributed by atoms with Gasteiger partial charge in [0.1, 0.15) is 0 Å². The van der Waals surface area contributed by atoms with Gasteiger partial charge in [0.25, 0.3) is 0 Å². The topological polar surface area (TPSA) is 57.5 Å². The van der Waals surface area contributed by atoms with Crippen LogP contribution in [-0.2, 0) is 4.79 Å². The SMILES string of the molecule is CC(C)[C@H]1CC[C@@H]2[C@]1(C)CC[C@]1(C)C3=C(C(=O)C[C@@]21C)[C@@]1(C)CC[C@H](O)C(C)(C)[C@H]1C[C@H]3O. The van der Waals surface area contributed by atoms with Crippen LogP contribution in [0.3, 0.4) is 0 Å². The zero-order valence-electron chi connectivity index (χ0n) is 22.4. The minimum Gasteiger partial charge on any atom is -0.393 e. The van der Waals surface area contributed by atoms with E-state index in [2.05, 4.69) is 55.4 Å². The van der Waals surface area contributed by atoms with Crippen LogP contribution in [0, 0.1) is 50.7 Å². The number of aliphatic hydroxyl groups excluding tert-OH is 2. The zero-order chi connectivity index (χ0) is 24.4. The highest BCUT2D eigenvalue weighted by Crippen LogP contribution is 2.75. The minimum absolute atomic E-state index is 0.0898. The van der Waals surface area contributed by atoms with Gasteiger partial charge >= 0.3 is 0 Å². The summed E-state index contributed by atoms with van der Waals surface area (Å²) in [4.78, 5) is 14.2. The molecule has 3 heteroatoms. The van der Waals surface area contributed by atoms with E-state index in [0.717, 1.165) is 36.3 Å². The molecule has 0 unspecified atom stereocenters. The van der Waals surface area contributed by atoms with Crippen molar-refractivity contribution in [1.29, 1.82) is 0 Å². The number of fused-ring (bicyclic) bond motifs is 6. The Morgan fingerprint density at radius 2 is 1.55 bits per heavy atom. The third-order valence-electron chi connectivity index (χ3n) is 12.9. The first-order chi connectivity index (χ1) is 15.1. The van der Waals surface area contributed by atoms with Gasteiger partial charge in [0, 0.05) is 12.0 Å². The Hall–Kier alpha value is -0.670. The van der Waals surface area contributed by atoms with Crippen molar-refractivity contribution < 1.29 is 15.0 Å². The number of carbonyl (C=O) groups excluding carboxylic acids is 1. The number of hydrogen-bond acceptors (Lipinski definition) is 3. The van der Waals surface area contributed by atoms with Crippen molar-refractivity contribution >= 4 is 5.78 Å². The van der Waals surface area contributed by atoms with Crippen molar-refractivity contribution in [2.24, 2.45) is 50.7 Å². The average molecular weight is 457 g/mol. The van der Waals surface area contributed by atoms with Gasteiger partial charge < -0.3 is 10.2 Å². The van der Waals surface area contributed by atoms with Crippen molar-refractivity contribution in [2.45, 2.75) is 119 Å². The standard InChI is InChI=1S/C30H48O3/c1-17(2)18-9-10-21-27(18,5)13-14-29(7)25-19(31)15-22-26(3,4)23(33)11-12-28(22,6)24(25)20(32)16-30(21,29)8/h17-19,21-23,31,33H,9-16H2,1-8H3/t18-,19-,21-,22-,23+,27-,28+,29-,30+/m1/s1. The van der Waals surface area contributed by atoms with Crippen LogP contribution in [0.4, 0.5) is 0 Å². The van der Waals surface area contributed by atoms with Crippen LogP contribution in [0.2, 0.25) is 0 Å². The molecule has 0 bridgehead atoms. The van der Waals surface area contributed by atoms with E-state index in [1.165, 1.54) is 19.3 Å². The van der Waals surface area contributed by atoms with Gasteiger partial charge in [-0.1, -0.05) is 55.4 Å². The number of rotatable bonds is 1. The fourth-order valence-electron chi connectivity index (χ4n) is 11.0. The van der Waals surface area contributed by atoms with Gasteiger partial charge in [-0.15, -0.1) is 0 Å². The number of hydrogen-bond donors (Lipinski definition) is 2. The second kappa shape index (κ2) is 6.96. The lowest BCUT2D eigenvalue weighted by Crippen LogP contribution is -2.63. The monoisotopic (exact) mass is 456 g/mol. The van der Waals surface area contributed by atoms with Gasteiger partial charge in [-0.05, 0) is 101 Å². The molecule has 0 aromatic carbocycles. The lowest BCUT2D eigenvalue weighted by molar-refractivity contribution is -0.155. The Labute approximate surface area is 201 Å². The maximum absolute atomic E-state index is 14.2. The largest absolute Gasteiger partial charge is 0.393 e. The highest BCUT2D eigenvalue weighted by atomic mass is 16.3. The van der Waals surface area contributed by atoms with E-state index in [9.17, 15) is 15.0 Å². The lowest BCUT2D eigenvalue weighted by Gasteiger charge is -2.67. The van der Waals surface area contributed by atoms with Crippen LogP contribution in [0.15, 0.2) is 11.1 Å². The van der Waals surface area contributed by atoms with Crippen LogP contribution >= 0.6 is 0 Å². The molecule has 5 rings (SSSR count). The third kappa shape index (κ3) is 2.73. The Kier molecular flexibility index (Phi) is 5.07. The van der Waals surface area contributed by atoms with Crippen LogP contribution < -0.4 is 0 Å². The summed E-state index contributed by atoms with van der Waals surface area (Å²) >= 11 is 0. The number of ketones is 1. The normalized spacial score (nSPS) is 53.4. The van der Waals surface area contributed by atoms with Crippen molar-refractivity contribution in [3.05, 3.63) is 11.1 Å². The molecule has 0 aliphatic heterocycles. The molecule has 2 N–H and O–H groups in total. The first-order valence-electron chi connectivity index (χ1n) is 13.8. The first kappa shape index (κ1) is 24.0. The number of aliphatic hydroxyl groups is 2. The Morgan fingerprint density at radius 1 is 0.879 bits per heavy atom. The van der Waals surface area contributed by atoms with E-state index in [1.54, 1.807) is 0 Å². The fourth-order valence-corrected chi connectivity index (χ4v) is 11.0. The fraction of sp³-hybridized carbons (Fsp3) is 0.900.